The Hall–Kier alpha value is 0.729. The van der Waals surface area contributed by atoms with Crippen LogP contribution in [0.2, 0.25) is 42.8 Å². The summed E-state index contributed by atoms with van der Waals surface area (Å²) in [5.41, 5.74) is 0. The Labute approximate surface area is 94.9 Å². The zero-order valence-corrected chi connectivity index (χ0v) is 11.7. The van der Waals surface area contributed by atoms with E-state index in [1.807, 2.05) is 0 Å². The van der Waals surface area contributed by atoms with Gasteiger partial charge in [0.25, 0.3) is 0 Å². The Kier molecular flexibility index (Phi) is 0.254. The van der Waals surface area contributed by atoms with Crippen LogP contribution in [0.15, 0.2) is 0 Å². The number of halogens is 1. The van der Waals surface area contributed by atoms with E-state index < -0.39 is 6.51 Å². The summed E-state index contributed by atoms with van der Waals surface area (Å²) in [5.74, 6) is 0.971. The van der Waals surface area contributed by atoms with Crippen LogP contribution in [0.4, 0.5) is 0 Å². The van der Waals surface area contributed by atoms with Crippen molar-refractivity contribution in [3.05, 3.63) is 0 Å². The molecule has 10 fully saturated rings. The SMILES string of the molecule is CC(C)[C]12[CH]3[CH]4[CH]5[C]1(Cl)[Fe]45321678[CH]2[CH]1[CH]6[CH]7[CH]28.OO. The first-order valence-electron chi connectivity index (χ1n) is 6.98. The van der Waals surface area contributed by atoms with Gasteiger partial charge in [-0.05, 0) is 0 Å². The molecule has 0 saturated carbocycles. The van der Waals surface area contributed by atoms with Crippen LogP contribution in [0, 0.1) is 5.92 Å². The van der Waals surface area contributed by atoms with Gasteiger partial charge in [0.1, 0.15) is 0 Å². The number of rotatable bonds is 1. The molecule has 0 amide bonds. The van der Waals surface area contributed by atoms with Crippen LogP contribution in [0.25, 0.3) is 0 Å². The third kappa shape index (κ3) is 0.0664. The third-order valence-electron chi connectivity index (χ3n) is 15.6. The summed E-state index contributed by atoms with van der Waals surface area (Å²) in [7, 11) is 0. The second kappa shape index (κ2) is 0.577. The van der Waals surface area contributed by atoms with E-state index >= 15 is 0 Å². The number of hydrogen-bond acceptors (Lipinski definition) is 2. The average molecular weight is 297 g/mol. The minimum atomic E-state index is -2.99. The van der Waals surface area contributed by atoms with E-state index in [2.05, 4.69) is 13.8 Å². The maximum Gasteiger partial charge on any atom is -0.255 e. The van der Waals surface area contributed by atoms with Crippen molar-refractivity contribution in [2.24, 2.45) is 5.92 Å². The molecule has 0 bridgehead atoms. The summed E-state index contributed by atoms with van der Waals surface area (Å²) in [6.07, 6.45) is 0. The predicted octanol–water partition coefficient (Wildman–Crippen LogP) is 4.57. The average Bonchev–Trinajstić information content (AvgIpc) is 3.25. The van der Waals surface area contributed by atoms with Gasteiger partial charge in [0.2, 0.25) is 0 Å². The predicted molar refractivity (Wildman–Crippen MR) is 61.4 cm³/mol. The van der Waals surface area contributed by atoms with Gasteiger partial charge < -0.3 is 0 Å². The quantitative estimate of drug-likeness (QED) is 0.322. The second-order valence-electron chi connectivity index (χ2n) is 10.9. The van der Waals surface area contributed by atoms with E-state index in [1.54, 1.807) is 0 Å². The molecule has 10 aliphatic rings. The minimum absolute atomic E-state index is 0.584. The molecule has 10 aliphatic heterocycles. The molecule has 96 valence electrons. The van der Waals surface area contributed by atoms with Gasteiger partial charge in [0.05, 0.1) is 0 Å². The van der Waals surface area contributed by atoms with Gasteiger partial charge >= 0.3 is 84.5 Å². The van der Waals surface area contributed by atoms with E-state index in [0.717, 1.165) is 10.2 Å². The third-order valence-corrected chi connectivity index (χ3v) is 62.1. The largest absolute Gasteiger partial charge is 0.255 e. The first-order chi connectivity index (χ1) is 7.88. The van der Waals surface area contributed by atoms with Crippen molar-refractivity contribution in [3.8, 4) is 0 Å². The summed E-state index contributed by atoms with van der Waals surface area (Å²) in [5, 5.41) is 12.0. The molecular formula is C13H17ClFeO2. The Morgan fingerprint density at radius 1 is 0.941 bits per heavy atom. The molecular weight excluding hydrogens is 279 g/mol. The Bertz CT molecular complexity index is 926. The second-order valence-corrected chi connectivity index (χ2v) is 35.0. The van der Waals surface area contributed by atoms with Crippen molar-refractivity contribution >= 4 is 11.6 Å². The fourth-order valence-corrected chi connectivity index (χ4v) is 100. The normalized spacial score (nSPS) is 123. The van der Waals surface area contributed by atoms with Gasteiger partial charge in [-0.3, -0.25) is 10.5 Å². The van der Waals surface area contributed by atoms with E-state index in [0.29, 0.717) is 3.77 Å². The Morgan fingerprint density at radius 2 is 1.41 bits per heavy atom. The minimum Gasteiger partial charge on any atom is -0.255 e. The standard InChI is InChI=1S/C8H10Cl.C5H5.Fe.H2O2/c1-6(2)7-4-3-5-8(7)9;1-2-4-5-3-1;;1-2/h3-6H,1-2H3;1-5H;;1-2H. The number of hydrogen-bond donors (Lipinski definition) is 2. The Morgan fingerprint density at radius 3 is 1.47 bits per heavy atom. The van der Waals surface area contributed by atoms with Crippen LogP contribution in [0.1, 0.15) is 13.8 Å². The fraction of sp³-hybridized carbons (Fsp3) is 1.00. The zero-order valence-electron chi connectivity index (χ0n) is 9.82. The van der Waals surface area contributed by atoms with Gasteiger partial charge in [0, 0.05) is 0 Å². The zero-order chi connectivity index (χ0) is 11.5. The molecule has 0 aromatic rings. The smallest absolute Gasteiger partial charge is 0.255 e. The van der Waals surface area contributed by atoms with E-state index in [-0.39, 0.29) is 0 Å². The molecule has 2 nitrogen and oxygen atoms in total. The van der Waals surface area contributed by atoms with Gasteiger partial charge in [-0.15, -0.1) is 0 Å². The summed E-state index contributed by atoms with van der Waals surface area (Å²) in [6, 6.07) is 0. The van der Waals surface area contributed by atoms with Crippen molar-refractivity contribution in [3.63, 3.8) is 0 Å². The topological polar surface area (TPSA) is 40.5 Å². The van der Waals surface area contributed by atoms with Crippen LogP contribution in [0.5, 0.6) is 0 Å². The van der Waals surface area contributed by atoms with Gasteiger partial charge in [-0.2, -0.15) is 0 Å². The molecule has 10 heterocycles. The summed E-state index contributed by atoms with van der Waals surface area (Å²) in [6.45, 7) is 2.10. The molecule has 4 heteroatoms. The van der Waals surface area contributed by atoms with E-state index in [1.165, 1.54) is 38.5 Å². The molecule has 0 radical (unpaired) electrons. The first-order valence-corrected chi connectivity index (χ1v) is 13.6. The summed E-state index contributed by atoms with van der Waals surface area (Å²) < 4.78 is 1.48. The Balaban J connectivity index is 0.000000302. The van der Waals surface area contributed by atoms with Gasteiger partial charge in [-0.1, -0.05) is 0 Å². The first kappa shape index (κ1) is 7.50. The monoisotopic (exact) mass is 296 g/mol. The van der Waals surface area contributed by atoms with E-state index in [9.17, 15) is 0 Å². The van der Waals surface area contributed by atoms with Crippen LogP contribution in [-0.4, -0.2) is 14.3 Å². The molecule has 10 rings (SSSR count). The number of fused-ring (bicyclic) bond motifs is 10. The molecule has 1 spiro atoms. The molecule has 0 aliphatic carbocycles. The van der Waals surface area contributed by atoms with E-state index in [4.69, 9.17) is 22.1 Å². The van der Waals surface area contributed by atoms with Crippen LogP contribution < -0.4 is 0 Å². The molecule has 2 N–H and O–H groups in total. The van der Waals surface area contributed by atoms with Crippen molar-refractivity contribution < 1.29 is 17.0 Å². The van der Waals surface area contributed by atoms with Gasteiger partial charge in [-0.25, -0.2) is 0 Å². The maximum atomic E-state index is 7.43. The molecule has 10 saturated heterocycles. The molecule has 0 aromatic carbocycles. The summed E-state index contributed by atoms with van der Waals surface area (Å²) in [4.78, 5) is 10.9. The van der Waals surface area contributed by atoms with Crippen LogP contribution in [-0.2, 0) is 6.51 Å². The molecule has 5 unspecified atom stereocenters. The van der Waals surface area contributed by atoms with Crippen LogP contribution in [0.3, 0.4) is 0 Å². The van der Waals surface area contributed by atoms with Crippen LogP contribution >= 0.6 is 11.6 Å². The summed E-state index contributed by atoms with van der Waals surface area (Å²) >= 11 is 7.43. The van der Waals surface area contributed by atoms with Crippen molar-refractivity contribution in [2.75, 3.05) is 0 Å². The van der Waals surface area contributed by atoms with Crippen molar-refractivity contribution in [1.82, 2.24) is 0 Å². The maximum absolute atomic E-state index is 7.43. The number of alkyl halides is 1. The molecule has 5 atom stereocenters. The van der Waals surface area contributed by atoms with Crippen molar-refractivity contribution in [1.29, 1.82) is 0 Å². The van der Waals surface area contributed by atoms with Crippen molar-refractivity contribution in [2.45, 2.75) is 60.5 Å². The molecule has 0 aromatic heterocycles. The van der Waals surface area contributed by atoms with Gasteiger partial charge in [0.15, 0.2) is 0 Å². The molecule has 17 heavy (non-hydrogen) atoms. The fourth-order valence-electron chi connectivity index (χ4n) is 18.1.